The zero-order valence-electron chi connectivity index (χ0n) is 17.2. The van der Waals surface area contributed by atoms with Crippen molar-refractivity contribution in [2.75, 3.05) is 34.3 Å². The summed E-state index contributed by atoms with van der Waals surface area (Å²) in [5.74, 6) is -8.27. The van der Waals surface area contributed by atoms with Gasteiger partial charge in [-0.2, -0.15) is 0 Å². The first kappa shape index (κ1) is 27.2. The third-order valence-corrected chi connectivity index (χ3v) is 3.63. The number of carboxylic acids is 3. The summed E-state index contributed by atoms with van der Waals surface area (Å²) >= 11 is 0. The third-order valence-electron chi connectivity index (χ3n) is 3.63. The Labute approximate surface area is 172 Å². The summed E-state index contributed by atoms with van der Waals surface area (Å²) < 4.78 is 15.0. The van der Waals surface area contributed by atoms with Gasteiger partial charge in [0.05, 0.1) is 40.0 Å². The van der Waals surface area contributed by atoms with Gasteiger partial charge in [0.2, 0.25) is 0 Å². The highest BCUT2D eigenvalue weighted by Crippen LogP contribution is 2.17. The van der Waals surface area contributed by atoms with Crippen LogP contribution in [0.4, 0.5) is 0 Å². The lowest BCUT2D eigenvalue weighted by Crippen LogP contribution is -2.51. The van der Waals surface area contributed by atoms with Gasteiger partial charge in [-0.1, -0.05) is 6.92 Å². The van der Waals surface area contributed by atoms with Crippen molar-refractivity contribution in [2.45, 2.75) is 44.2 Å². The van der Waals surface area contributed by atoms with Crippen molar-refractivity contribution in [3.63, 3.8) is 0 Å². The van der Waals surface area contributed by atoms with Gasteiger partial charge in [0.25, 0.3) is 0 Å². The predicted octanol–water partition coefficient (Wildman–Crippen LogP) is -2.67. The molecular weight excluding hydrogens is 410 g/mol. The molecule has 0 aromatic carbocycles. The number of nitrogens with zero attached hydrogens (tertiary/aromatic N) is 1. The molecule has 172 valence electrons. The van der Waals surface area contributed by atoms with Crippen molar-refractivity contribution in [1.29, 1.82) is 0 Å². The molecular formula is C17H27NO12. The van der Waals surface area contributed by atoms with Gasteiger partial charge in [-0.25, -0.2) is 9.59 Å². The van der Waals surface area contributed by atoms with E-state index >= 15 is 0 Å². The normalized spacial score (nSPS) is 15.4. The Kier molecular flexibility index (Phi) is 10.4. The second-order valence-corrected chi connectivity index (χ2v) is 7.44. The van der Waals surface area contributed by atoms with Crippen LogP contribution < -0.4 is 5.11 Å². The van der Waals surface area contributed by atoms with Crippen LogP contribution in [0.3, 0.4) is 0 Å². The highest BCUT2D eigenvalue weighted by atomic mass is 16.7. The van der Waals surface area contributed by atoms with E-state index in [4.69, 9.17) is 24.4 Å². The zero-order valence-corrected chi connectivity index (χ0v) is 17.2. The molecule has 3 N–H and O–H groups in total. The fourth-order valence-corrected chi connectivity index (χ4v) is 1.94. The molecule has 0 bridgehead atoms. The van der Waals surface area contributed by atoms with E-state index in [0.717, 1.165) is 0 Å². The molecule has 0 fully saturated rings. The molecule has 0 rings (SSSR count). The van der Waals surface area contributed by atoms with Crippen LogP contribution in [0, 0.1) is 0 Å². The van der Waals surface area contributed by atoms with Crippen molar-refractivity contribution in [2.24, 2.45) is 0 Å². The van der Waals surface area contributed by atoms with Gasteiger partial charge < -0.3 is 43.9 Å². The van der Waals surface area contributed by atoms with E-state index in [-0.39, 0.29) is 13.0 Å². The summed E-state index contributed by atoms with van der Waals surface area (Å²) in [5.41, 5.74) is -3.09. The number of aliphatic carboxylic acids is 3. The first-order chi connectivity index (χ1) is 13.6. The third kappa shape index (κ3) is 10.1. The molecule has 13 nitrogen and oxygen atoms in total. The van der Waals surface area contributed by atoms with Crippen LogP contribution in [0.1, 0.15) is 26.2 Å². The maximum absolute atomic E-state index is 12.2. The molecule has 0 aliphatic carbocycles. The van der Waals surface area contributed by atoms with Crippen molar-refractivity contribution < 1.29 is 63.1 Å². The summed E-state index contributed by atoms with van der Waals surface area (Å²) in [7, 11) is 5.39. The minimum absolute atomic E-state index is 0.0936. The largest absolute Gasteiger partial charge is 0.547 e. The quantitative estimate of drug-likeness (QED) is 0.145. The Bertz CT molecular complexity index is 656. The van der Waals surface area contributed by atoms with E-state index in [1.54, 1.807) is 21.1 Å². The number of hydrogen-bond acceptors (Lipinski definition) is 10. The topological polar surface area (TPSA) is 197 Å². The molecule has 3 atom stereocenters. The molecule has 30 heavy (non-hydrogen) atoms. The molecule has 0 aliphatic rings. The fourth-order valence-electron chi connectivity index (χ4n) is 1.94. The van der Waals surface area contributed by atoms with Crippen LogP contribution >= 0.6 is 0 Å². The lowest BCUT2D eigenvalue weighted by atomic mass is 9.96. The molecule has 0 aliphatic heterocycles. The SMILES string of the molecule is CCC(OC(=O)C(OCC[N+](C)(C)C)OC(=O)CC(O)(CC(=O)O)C(=O)[O-])C(=O)O. The Balaban J connectivity index is 5.35. The molecule has 0 amide bonds. The fraction of sp³-hybridized carbons (Fsp3) is 0.706. The number of carbonyl (C=O) groups is 5. The number of carboxylic acid groups (broad SMARTS) is 3. The lowest BCUT2D eigenvalue weighted by Gasteiger charge is -2.28. The van der Waals surface area contributed by atoms with Gasteiger partial charge in [0, 0.05) is 0 Å². The van der Waals surface area contributed by atoms with Crippen molar-refractivity contribution in [3.05, 3.63) is 0 Å². The van der Waals surface area contributed by atoms with E-state index in [0.29, 0.717) is 11.0 Å². The second kappa shape index (κ2) is 11.4. The Hall–Kier alpha value is -2.77. The molecule has 0 aromatic heterocycles. The summed E-state index contributed by atoms with van der Waals surface area (Å²) in [5, 5.41) is 38.5. The molecule has 0 heterocycles. The summed E-state index contributed by atoms with van der Waals surface area (Å²) in [4.78, 5) is 57.0. The first-order valence-electron chi connectivity index (χ1n) is 8.81. The Morgan fingerprint density at radius 3 is 2.00 bits per heavy atom. The highest BCUT2D eigenvalue weighted by Gasteiger charge is 2.38. The smallest absolute Gasteiger partial charge is 0.377 e. The molecule has 0 radical (unpaired) electrons. The van der Waals surface area contributed by atoms with Gasteiger partial charge in [0.15, 0.2) is 6.10 Å². The van der Waals surface area contributed by atoms with E-state index in [9.17, 15) is 34.2 Å². The first-order valence-corrected chi connectivity index (χ1v) is 8.81. The Morgan fingerprint density at radius 1 is 1.03 bits per heavy atom. The van der Waals surface area contributed by atoms with Gasteiger partial charge in [-0.05, 0) is 6.42 Å². The van der Waals surface area contributed by atoms with Gasteiger partial charge >= 0.3 is 30.2 Å². The minimum atomic E-state index is -3.09. The maximum atomic E-state index is 12.2. The van der Waals surface area contributed by atoms with E-state index in [1.807, 2.05) is 0 Å². The van der Waals surface area contributed by atoms with Crippen LogP contribution in [0.25, 0.3) is 0 Å². The highest BCUT2D eigenvalue weighted by molar-refractivity contribution is 5.88. The average molecular weight is 437 g/mol. The van der Waals surface area contributed by atoms with Crippen LogP contribution in [0.5, 0.6) is 0 Å². The number of hydrogen-bond donors (Lipinski definition) is 3. The number of likely N-dealkylation sites (N-methyl/N-ethyl adjacent to an activating group) is 1. The van der Waals surface area contributed by atoms with E-state index in [1.165, 1.54) is 6.92 Å². The Morgan fingerprint density at radius 2 is 1.60 bits per heavy atom. The average Bonchev–Trinajstić information content (AvgIpc) is 2.56. The number of esters is 2. The number of quaternary nitrogens is 1. The van der Waals surface area contributed by atoms with Crippen LogP contribution in [0.2, 0.25) is 0 Å². The minimum Gasteiger partial charge on any atom is -0.547 e. The lowest BCUT2D eigenvalue weighted by molar-refractivity contribution is -0.870. The van der Waals surface area contributed by atoms with E-state index < -0.39 is 60.7 Å². The summed E-state index contributed by atoms with van der Waals surface area (Å²) in [6.07, 6.45) is -6.43. The maximum Gasteiger partial charge on any atom is 0.377 e. The predicted molar refractivity (Wildman–Crippen MR) is 93.4 cm³/mol. The molecule has 3 unspecified atom stereocenters. The standard InChI is InChI=1S/C17H27NO12/c1-5-10(13(22)23)29-14(24)15(28-7-6-18(2,3)4)30-12(21)9-17(27,16(25)26)8-11(19)20/h10,15,27H,5-9H2,1-4H3,(H2-,19,20,22,23,25,26). The summed E-state index contributed by atoms with van der Waals surface area (Å²) in [6.45, 7) is 1.62. The molecule has 0 spiro atoms. The van der Waals surface area contributed by atoms with Crippen molar-refractivity contribution in [3.8, 4) is 0 Å². The number of rotatable bonds is 14. The van der Waals surface area contributed by atoms with Gasteiger partial charge in [-0.15, -0.1) is 0 Å². The van der Waals surface area contributed by atoms with Gasteiger partial charge in [0.1, 0.15) is 18.8 Å². The molecule has 0 saturated heterocycles. The number of ether oxygens (including phenoxy) is 3. The van der Waals surface area contributed by atoms with Crippen LogP contribution in [-0.2, 0) is 38.2 Å². The van der Waals surface area contributed by atoms with Crippen molar-refractivity contribution in [1.82, 2.24) is 0 Å². The number of aliphatic hydroxyl groups is 1. The van der Waals surface area contributed by atoms with E-state index in [2.05, 4.69) is 0 Å². The number of carbonyl (C=O) groups excluding carboxylic acids is 3. The van der Waals surface area contributed by atoms with Gasteiger partial charge in [-0.3, -0.25) is 9.59 Å². The summed E-state index contributed by atoms with van der Waals surface area (Å²) in [6, 6.07) is 0. The molecule has 0 aromatic rings. The van der Waals surface area contributed by atoms with Crippen LogP contribution in [-0.4, -0.2) is 102 Å². The van der Waals surface area contributed by atoms with Crippen molar-refractivity contribution >= 4 is 29.8 Å². The molecule has 13 heteroatoms. The monoisotopic (exact) mass is 437 g/mol. The molecule has 0 saturated carbocycles. The van der Waals surface area contributed by atoms with Crippen LogP contribution in [0.15, 0.2) is 0 Å². The second-order valence-electron chi connectivity index (χ2n) is 7.44. The zero-order chi connectivity index (χ0) is 23.7.